The van der Waals surface area contributed by atoms with Crippen LogP contribution in [-0.4, -0.2) is 72.2 Å². The summed E-state index contributed by atoms with van der Waals surface area (Å²) in [6, 6.07) is 3.71. The van der Waals surface area contributed by atoms with Crippen molar-refractivity contribution < 1.29 is 18.7 Å². The van der Waals surface area contributed by atoms with Gasteiger partial charge in [-0.05, 0) is 62.4 Å². The molecule has 30 heavy (non-hydrogen) atoms. The number of ether oxygens (including phenoxy) is 2. The minimum Gasteiger partial charge on any atom is -0.444 e. The molecule has 2 atom stereocenters. The first-order chi connectivity index (χ1) is 14.2. The molecule has 3 heterocycles. The highest BCUT2D eigenvalue weighted by molar-refractivity contribution is 6.30. The van der Waals surface area contributed by atoms with Gasteiger partial charge in [-0.25, -0.2) is 19.2 Å². The molecule has 1 amide bonds. The lowest BCUT2D eigenvalue weighted by Crippen LogP contribution is -2.47. The molecular weight excluding hydrogens is 409 g/mol. The topological polar surface area (TPSA) is 45.2 Å². The van der Waals surface area contributed by atoms with Crippen LogP contribution >= 0.6 is 11.6 Å². The molecular formula is C22H31ClFN3O3. The molecule has 0 spiro atoms. The average molecular weight is 440 g/mol. The summed E-state index contributed by atoms with van der Waals surface area (Å²) >= 11 is 6.47. The highest BCUT2D eigenvalue weighted by Gasteiger charge is 2.36. The maximum atomic E-state index is 13.8. The fourth-order valence-electron chi connectivity index (χ4n) is 4.54. The second-order valence-electron chi connectivity index (χ2n) is 9.33. The van der Waals surface area contributed by atoms with E-state index in [0.717, 1.165) is 30.6 Å². The van der Waals surface area contributed by atoms with E-state index in [-0.39, 0.29) is 12.1 Å². The smallest absolute Gasteiger partial charge is 0.410 e. The van der Waals surface area contributed by atoms with Gasteiger partial charge < -0.3 is 9.47 Å². The Morgan fingerprint density at radius 3 is 2.73 bits per heavy atom. The number of carbonyl (C=O) groups excluding carboxylic acids is 1. The van der Waals surface area contributed by atoms with Gasteiger partial charge in [-0.1, -0.05) is 11.6 Å². The highest BCUT2D eigenvalue weighted by atomic mass is 35.5. The van der Waals surface area contributed by atoms with Crippen LogP contribution in [-0.2, 0) is 22.4 Å². The van der Waals surface area contributed by atoms with Crippen molar-refractivity contribution in [2.75, 3.05) is 39.4 Å². The summed E-state index contributed by atoms with van der Waals surface area (Å²) in [6.07, 6.45) is 0.332. The fraction of sp³-hybridized carbons (Fsp3) is 0.682. The van der Waals surface area contributed by atoms with Gasteiger partial charge in [0.1, 0.15) is 11.8 Å². The summed E-state index contributed by atoms with van der Waals surface area (Å²) in [7, 11) is 0. The van der Waals surface area contributed by atoms with Crippen LogP contribution in [0.1, 0.15) is 49.9 Å². The lowest BCUT2D eigenvalue weighted by atomic mass is 9.91. The molecule has 8 heteroatoms. The molecule has 0 N–H and O–H groups in total. The number of halogens is 2. The van der Waals surface area contributed by atoms with Crippen LogP contribution in [0.3, 0.4) is 0 Å². The van der Waals surface area contributed by atoms with Crippen molar-refractivity contribution in [2.24, 2.45) is 0 Å². The molecule has 1 aromatic rings. The molecule has 4 rings (SSSR count). The maximum Gasteiger partial charge on any atom is 0.410 e. The molecule has 2 saturated heterocycles. The number of hydrogen-bond acceptors (Lipinski definition) is 5. The van der Waals surface area contributed by atoms with Gasteiger partial charge in [0.25, 0.3) is 0 Å². The van der Waals surface area contributed by atoms with Gasteiger partial charge in [0.05, 0.1) is 19.3 Å². The molecule has 3 aliphatic heterocycles. The number of fused-ring (bicyclic) bond motifs is 1. The Balaban J connectivity index is 1.63. The number of nitrogens with zero attached hydrogens (tertiary/aromatic N) is 3. The second kappa shape index (κ2) is 8.61. The van der Waals surface area contributed by atoms with E-state index in [9.17, 15) is 9.18 Å². The monoisotopic (exact) mass is 439 g/mol. The van der Waals surface area contributed by atoms with Gasteiger partial charge in [0.15, 0.2) is 0 Å². The lowest BCUT2D eigenvalue weighted by molar-refractivity contribution is -0.0361. The molecule has 2 unspecified atom stereocenters. The summed E-state index contributed by atoms with van der Waals surface area (Å²) in [5.74, 6) is 0. The number of hydrogen-bond donors (Lipinski definition) is 0. The van der Waals surface area contributed by atoms with E-state index in [2.05, 4.69) is 10.0 Å². The van der Waals surface area contributed by atoms with Crippen LogP contribution in [0.25, 0.3) is 0 Å². The van der Waals surface area contributed by atoms with Crippen LogP contribution in [0.2, 0.25) is 5.02 Å². The van der Waals surface area contributed by atoms with Crippen LogP contribution in [0.15, 0.2) is 12.1 Å². The number of hydrazine groups is 1. The molecule has 2 fully saturated rings. The first-order valence-electron chi connectivity index (χ1n) is 10.7. The Morgan fingerprint density at radius 2 is 2.03 bits per heavy atom. The van der Waals surface area contributed by atoms with E-state index >= 15 is 0 Å². The molecule has 1 aromatic carbocycles. The van der Waals surface area contributed by atoms with Crippen LogP contribution in [0.4, 0.5) is 9.18 Å². The number of alkyl halides is 1. The predicted octanol–water partition coefficient (Wildman–Crippen LogP) is 3.97. The van der Waals surface area contributed by atoms with Crippen molar-refractivity contribution in [2.45, 2.75) is 58.0 Å². The van der Waals surface area contributed by atoms with Crippen molar-refractivity contribution >= 4 is 17.7 Å². The van der Waals surface area contributed by atoms with Crippen molar-refractivity contribution in [3.63, 3.8) is 0 Å². The molecule has 6 nitrogen and oxygen atoms in total. The number of benzene rings is 1. The zero-order chi connectivity index (χ0) is 21.5. The molecule has 0 aliphatic carbocycles. The van der Waals surface area contributed by atoms with Crippen LogP contribution < -0.4 is 0 Å². The number of amides is 1. The number of rotatable bonds is 2. The summed E-state index contributed by atoms with van der Waals surface area (Å²) < 4.78 is 25.2. The van der Waals surface area contributed by atoms with Crippen LogP contribution in [0, 0.1) is 0 Å². The van der Waals surface area contributed by atoms with E-state index < -0.39 is 11.8 Å². The summed E-state index contributed by atoms with van der Waals surface area (Å²) in [6.45, 7) is 9.70. The fourth-order valence-corrected chi connectivity index (χ4v) is 4.79. The first kappa shape index (κ1) is 21.8. The van der Waals surface area contributed by atoms with Gasteiger partial charge >= 0.3 is 6.09 Å². The molecule has 0 radical (unpaired) electrons. The standard InChI is InChI=1S/C22H31ClFN3O3/c1-22(2,3)30-21(28)27-8-9-29-14-20(27)18-11-16(23)10-15-4-6-26(13-19(15)18)25-7-5-17(24)12-25/h10-11,17,20H,4-9,12-14H2,1-3H3. The molecule has 0 bridgehead atoms. The van der Waals surface area contributed by atoms with Crippen molar-refractivity contribution in [1.29, 1.82) is 0 Å². The SMILES string of the molecule is CC(C)(C)OC(=O)N1CCOCC1c1cc(Cl)cc2c1CN(N1CCC(F)C1)CC2. The van der Waals surface area contributed by atoms with E-state index in [0.29, 0.717) is 44.3 Å². The average Bonchev–Trinajstić information content (AvgIpc) is 3.12. The van der Waals surface area contributed by atoms with Gasteiger partial charge in [0.2, 0.25) is 0 Å². The van der Waals surface area contributed by atoms with Gasteiger partial charge in [-0.3, -0.25) is 4.90 Å². The minimum atomic E-state index is -0.759. The molecule has 166 valence electrons. The van der Waals surface area contributed by atoms with E-state index in [4.69, 9.17) is 21.1 Å². The Hall–Kier alpha value is -1.41. The first-order valence-corrected chi connectivity index (χ1v) is 11.1. The third-order valence-corrected chi connectivity index (χ3v) is 6.16. The van der Waals surface area contributed by atoms with Crippen LogP contribution in [0.5, 0.6) is 0 Å². The summed E-state index contributed by atoms with van der Waals surface area (Å²) in [5.41, 5.74) is 2.80. The predicted molar refractivity (Wildman–Crippen MR) is 113 cm³/mol. The van der Waals surface area contributed by atoms with E-state index in [1.54, 1.807) is 4.90 Å². The Bertz CT molecular complexity index is 801. The van der Waals surface area contributed by atoms with Crippen molar-refractivity contribution in [1.82, 2.24) is 14.9 Å². The third kappa shape index (κ3) is 4.74. The lowest BCUT2D eigenvalue weighted by Gasteiger charge is -2.41. The zero-order valence-corrected chi connectivity index (χ0v) is 18.8. The zero-order valence-electron chi connectivity index (χ0n) is 18.0. The number of carbonyl (C=O) groups is 1. The Morgan fingerprint density at radius 1 is 1.23 bits per heavy atom. The van der Waals surface area contributed by atoms with E-state index in [1.807, 2.05) is 32.9 Å². The largest absolute Gasteiger partial charge is 0.444 e. The maximum absolute atomic E-state index is 13.8. The Labute approximate surface area is 182 Å². The summed E-state index contributed by atoms with van der Waals surface area (Å²) in [4.78, 5) is 14.7. The molecule has 0 saturated carbocycles. The third-order valence-electron chi connectivity index (χ3n) is 5.95. The molecule has 0 aromatic heterocycles. The molecule has 3 aliphatic rings. The van der Waals surface area contributed by atoms with Gasteiger partial charge in [-0.15, -0.1) is 0 Å². The van der Waals surface area contributed by atoms with Gasteiger partial charge in [0, 0.05) is 37.7 Å². The van der Waals surface area contributed by atoms with E-state index in [1.165, 1.54) is 5.56 Å². The normalized spacial score (nSPS) is 26.0. The number of morpholine rings is 1. The second-order valence-corrected chi connectivity index (χ2v) is 9.77. The van der Waals surface area contributed by atoms with Crippen molar-refractivity contribution in [3.05, 3.63) is 33.8 Å². The minimum absolute atomic E-state index is 0.256. The van der Waals surface area contributed by atoms with Crippen molar-refractivity contribution in [3.8, 4) is 0 Å². The van der Waals surface area contributed by atoms with Gasteiger partial charge in [-0.2, -0.15) is 0 Å². The Kier molecular flexibility index (Phi) is 6.26. The highest BCUT2D eigenvalue weighted by Crippen LogP contribution is 2.36. The summed E-state index contributed by atoms with van der Waals surface area (Å²) in [5, 5.41) is 5.02. The quantitative estimate of drug-likeness (QED) is 0.697.